The number of imidazole rings is 1. The van der Waals surface area contributed by atoms with Crippen molar-refractivity contribution in [3.8, 4) is 0 Å². The Balaban J connectivity index is 2.10. The van der Waals surface area contributed by atoms with Crippen LogP contribution in [0, 0.1) is 6.92 Å². The Hall–Kier alpha value is -2.07. The Morgan fingerprint density at radius 1 is 1.14 bits per heavy atom. The molecule has 4 heteroatoms. The van der Waals surface area contributed by atoms with Crippen LogP contribution in [0.25, 0.3) is 11.0 Å². The molecule has 2 aromatic carbocycles. The molecule has 0 unspecified atom stereocenters. The molecule has 0 aliphatic rings. The Kier molecular flexibility index (Phi) is 4.29. The largest absolute Gasteiger partial charge is 0.268 e. The predicted molar refractivity (Wildman–Crippen MR) is 91.7 cm³/mol. The normalized spacial score (nSPS) is 11.0. The molecule has 1 heterocycles. The average Bonchev–Trinajstić information content (AvgIpc) is 2.91. The summed E-state index contributed by atoms with van der Waals surface area (Å²) in [5.74, 6) is 0.928. The van der Waals surface area contributed by atoms with Crippen LogP contribution < -0.4 is 0 Å². The number of hydrogen-bond acceptors (Lipinski definition) is 3. The average molecular weight is 310 g/mol. The van der Waals surface area contributed by atoms with Gasteiger partial charge in [0.1, 0.15) is 0 Å². The molecule has 0 fully saturated rings. The molecule has 1 aromatic heterocycles. The summed E-state index contributed by atoms with van der Waals surface area (Å²) in [6, 6.07) is 15.5. The molecular formula is C18H18N2OS. The second-order valence-electron chi connectivity index (χ2n) is 5.24. The summed E-state index contributed by atoms with van der Waals surface area (Å²) in [6.45, 7) is 4.14. The Morgan fingerprint density at radius 3 is 2.59 bits per heavy atom. The smallest absolute Gasteiger partial charge is 0.264 e. The molecule has 0 bridgehead atoms. The fraction of sp³-hybridized carbons (Fsp3) is 0.222. The number of benzene rings is 2. The van der Waals surface area contributed by atoms with Gasteiger partial charge in [0, 0.05) is 11.3 Å². The van der Waals surface area contributed by atoms with Gasteiger partial charge in [-0.1, -0.05) is 48.5 Å². The number of para-hydroxylation sites is 2. The van der Waals surface area contributed by atoms with Gasteiger partial charge < -0.3 is 0 Å². The molecule has 0 atom stereocenters. The summed E-state index contributed by atoms with van der Waals surface area (Å²) >= 11 is 1.63. The maximum Gasteiger partial charge on any atom is 0.264 e. The van der Waals surface area contributed by atoms with Crippen LogP contribution in [0.2, 0.25) is 0 Å². The third-order valence-corrected chi connectivity index (χ3v) is 4.61. The van der Waals surface area contributed by atoms with E-state index in [1.165, 1.54) is 0 Å². The van der Waals surface area contributed by atoms with Gasteiger partial charge in [-0.15, -0.1) is 0 Å². The van der Waals surface area contributed by atoms with Gasteiger partial charge in [-0.05, 0) is 37.6 Å². The molecule has 0 saturated heterocycles. The second-order valence-corrected chi connectivity index (χ2v) is 6.30. The van der Waals surface area contributed by atoms with Crippen LogP contribution in [0.4, 0.5) is 0 Å². The van der Waals surface area contributed by atoms with Crippen LogP contribution in [0.3, 0.4) is 0 Å². The number of rotatable bonds is 4. The summed E-state index contributed by atoms with van der Waals surface area (Å²) in [6.07, 6.45) is 1.05. The summed E-state index contributed by atoms with van der Waals surface area (Å²) < 4.78 is 1.74. The second kappa shape index (κ2) is 6.36. The molecule has 0 amide bonds. The maximum atomic E-state index is 12.9. The van der Waals surface area contributed by atoms with Gasteiger partial charge in [0.05, 0.1) is 11.0 Å². The maximum absolute atomic E-state index is 12.9. The first-order valence-corrected chi connectivity index (χ1v) is 8.41. The van der Waals surface area contributed by atoms with Crippen molar-refractivity contribution in [1.82, 2.24) is 9.55 Å². The van der Waals surface area contributed by atoms with Crippen LogP contribution in [-0.4, -0.2) is 21.2 Å². The molecule has 22 heavy (non-hydrogen) atoms. The van der Waals surface area contributed by atoms with E-state index in [-0.39, 0.29) is 5.91 Å². The molecule has 112 valence electrons. The topological polar surface area (TPSA) is 34.9 Å². The van der Waals surface area contributed by atoms with E-state index >= 15 is 0 Å². The number of nitrogens with zero attached hydrogens (tertiary/aromatic N) is 2. The number of aromatic nitrogens is 2. The van der Waals surface area contributed by atoms with Gasteiger partial charge >= 0.3 is 0 Å². The lowest BCUT2D eigenvalue weighted by Crippen LogP contribution is -2.13. The molecule has 0 radical (unpaired) electrons. The molecule has 3 nitrogen and oxygen atoms in total. The van der Waals surface area contributed by atoms with Crippen LogP contribution in [0.5, 0.6) is 0 Å². The molecule has 0 aliphatic carbocycles. The van der Waals surface area contributed by atoms with Gasteiger partial charge in [0.15, 0.2) is 5.16 Å². The Morgan fingerprint density at radius 2 is 1.86 bits per heavy atom. The zero-order valence-corrected chi connectivity index (χ0v) is 13.6. The van der Waals surface area contributed by atoms with Crippen LogP contribution in [-0.2, 0) is 0 Å². The number of aryl methyl sites for hydroxylation is 1. The number of carbonyl (C=O) groups is 1. The summed E-state index contributed by atoms with van der Waals surface area (Å²) in [5, 5.41) is 0.772. The Bertz CT molecular complexity index is 806. The monoisotopic (exact) mass is 310 g/mol. The van der Waals surface area contributed by atoms with Crippen LogP contribution in [0.1, 0.15) is 29.3 Å². The quantitative estimate of drug-likeness (QED) is 0.664. The van der Waals surface area contributed by atoms with Crippen LogP contribution >= 0.6 is 11.8 Å². The highest BCUT2D eigenvalue weighted by molar-refractivity contribution is 7.99. The summed E-state index contributed by atoms with van der Waals surface area (Å²) in [4.78, 5) is 17.5. The fourth-order valence-corrected chi connectivity index (χ4v) is 3.18. The van der Waals surface area contributed by atoms with E-state index in [1.807, 2.05) is 55.5 Å². The fourth-order valence-electron chi connectivity index (χ4n) is 2.32. The molecule has 3 aromatic rings. The third-order valence-electron chi connectivity index (χ3n) is 3.47. The van der Waals surface area contributed by atoms with Crippen molar-refractivity contribution in [2.24, 2.45) is 0 Å². The standard InChI is InChI=1S/C18H18N2OS/c1-3-12-22-18-19-15-6-4-5-7-16(15)20(18)17(21)14-10-8-13(2)9-11-14/h4-11H,3,12H2,1-2H3. The first kappa shape index (κ1) is 14.9. The van der Waals surface area contributed by atoms with Crippen molar-refractivity contribution in [2.75, 3.05) is 5.75 Å². The minimum Gasteiger partial charge on any atom is -0.268 e. The SMILES string of the molecule is CCCSc1nc2ccccc2n1C(=O)c1ccc(C)cc1. The molecule has 3 rings (SSSR count). The van der Waals surface area contributed by atoms with Gasteiger partial charge in [-0.25, -0.2) is 4.98 Å². The lowest BCUT2D eigenvalue weighted by atomic mass is 10.1. The van der Waals surface area contributed by atoms with E-state index in [0.29, 0.717) is 5.56 Å². The van der Waals surface area contributed by atoms with Gasteiger partial charge in [-0.3, -0.25) is 9.36 Å². The first-order chi connectivity index (χ1) is 10.7. The summed E-state index contributed by atoms with van der Waals surface area (Å²) in [7, 11) is 0. The highest BCUT2D eigenvalue weighted by Gasteiger charge is 2.18. The van der Waals surface area contributed by atoms with E-state index in [4.69, 9.17) is 0 Å². The first-order valence-electron chi connectivity index (χ1n) is 7.42. The van der Waals surface area contributed by atoms with E-state index in [0.717, 1.165) is 33.9 Å². The van der Waals surface area contributed by atoms with Crippen molar-refractivity contribution >= 4 is 28.7 Å². The minimum absolute atomic E-state index is 0.0210. The van der Waals surface area contributed by atoms with E-state index in [1.54, 1.807) is 16.3 Å². The molecular weight excluding hydrogens is 292 g/mol. The Labute approximate surface area is 134 Å². The summed E-state index contributed by atoms with van der Waals surface area (Å²) in [5.41, 5.74) is 3.56. The third kappa shape index (κ3) is 2.79. The van der Waals surface area contributed by atoms with E-state index in [2.05, 4.69) is 11.9 Å². The van der Waals surface area contributed by atoms with Crippen molar-refractivity contribution in [3.05, 3.63) is 59.7 Å². The van der Waals surface area contributed by atoms with E-state index < -0.39 is 0 Å². The van der Waals surface area contributed by atoms with Crippen molar-refractivity contribution < 1.29 is 4.79 Å². The van der Waals surface area contributed by atoms with Crippen molar-refractivity contribution in [2.45, 2.75) is 25.4 Å². The number of carbonyl (C=O) groups excluding carboxylic acids is 1. The highest BCUT2D eigenvalue weighted by Crippen LogP contribution is 2.25. The van der Waals surface area contributed by atoms with E-state index in [9.17, 15) is 4.79 Å². The van der Waals surface area contributed by atoms with Gasteiger partial charge in [-0.2, -0.15) is 0 Å². The van der Waals surface area contributed by atoms with Gasteiger partial charge in [0.2, 0.25) is 0 Å². The zero-order chi connectivity index (χ0) is 15.5. The van der Waals surface area contributed by atoms with Gasteiger partial charge in [0.25, 0.3) is 5.91 Å². The zero-order valence-electron chi connectivity index (χ0n) is 12.7. The minimum atomic E-state index is -0.0210. The number of hydrogen-bond donors (Lipinski definition) is 0. The lowest BCUT2D eigenvalue weighted by molar-refractivity contribution is 0.0955. The van der Waals surface area contributed by atoms with Crippen molar-refractivity contribution in [3.63, 3.8) is 0 Å². The number of fused-ring (bicyclic) bond motifs is 1. The molecule has 0 saturated carbocycles. The molecule has 0 aliphatic heterocycles. The predicted octanol–water partition coefficient (Wildman–Crippen LogP) is 4.54. The molecule has 0 N–H and O–H groups in total. The number of thioether (sulfide) groups is 1. The molecule has 0 spiro atoms. The van der Waals surface area contributed by atoms with Crippen molar-refractivity contribution in [1.29, 1.82) is 0 Å². The van der Waals surface area contributed by atoms with Crippen LogP contribution in [0.15, 0.2) is 53.7 Å². The lowest BCUT2D eigenvalue weighted by Gasteiger charge is -2.07. The highest BCUT2D eigenvalue weighted by atomic mass is 32.2.